The molecule has 2 N–H and O–H groups in total. The lowest BCUT2D eigenvalue weighted by Gasteiger charge is -2.31. The number of hydrogen-bond acceptors (Lipinski definition) is 7. The summed E-state index contributed by atoms with van der Waals surface area (Å²) in [6.45, 7) is 3.60. The van der Waals surface area contributed by atoms with E-state index in [0.29, 0.717) is 17.5 Å². The largest absolute Gasteiger partial charge is 0.462 e. The minimum absolute atomic E-state index is 0.0239. The first-order valence-electron chi connectivity index (χ1n) is 8.26. The predicted octanol–water partition coefficient (Wildman–Crippen LogP) is 2.00. The Hall–Kier alpha value is -3.27. The van der Waals surface area contributed by atoms with Crippen LogP contribution in [0.15, 0.2) is 47.1 Å². The summed E-state index contributed by atoms with van der Waals surface area (Å²) >= 11 is 0. The van der Waals surface area contributed by atoms with Crippen molar-refractivity contribution in [3.05, 3.63) is 58.2 Å². The molecule has 2 aliphatic heterocycles. The maximum atomic E-state index is 13.5. The molecule has 0 amide bonds. The number of esters is 1. The maximum absolute atomic E-state index is 13.5. The smallest absolute Gasteiger partial charge is 0.339 e. The highest BCUT2D eigenvalue weighted by atomic mass is 16.7. The van der Waals surface area contributed by atoms with Crippen molar-refractivity contribution in [1.82, 2.24) is 0 Å². The van der Waals surface area contributed by atoms with E-state index in [1.54, 1.807) is 31.2 Å². The van der Waals surface area contributed by atoms with Crippen molar-refractivity contribution in [3.63, 3.8) is 0 Å². The molecule has 7 nitrogen and oxygen atoms in total. The zero-order valence-electron chi connectivity index (χ0n) is 14.3. The van der Waals surface area contributed by atoms with E-state index in [1.807, 2.05) is 13.0 Å². The number of hydrogen-bond donors (Lipinski definition) is 1. The number of carbonyl (C=O) groups is 2. The molecule has 0 saturated heterocycles. The molecule has 1 aliphatic carbocycles. The lowest BCUT2D eigenvalue weighted by Crippen LogP contribution is -2.45. The van der Waals surface area contributed by atoms with Gasteiger partial charge in [-0.05, 0) is 13.3 Å². The molecule has 4 rings (SSSR count). The molecule has 0 unspecified atom stereocenters. The first kappa shape index (κ1) is 16.2. The summed E-state index contributed by atoms with van der Waals surface area (Å²) in [6.07, 6.45) is 0.616. The SMILES string of the molecule is CCCOC(=O)C1=C(C)O[C@@]23OC(N)=C(C#N)[C@@]12C(=O)c1ccccc13. The summed E-state index contributed by atoms with van der Waals surface area (Å²) in [5, 5.41) is 9.73. The molecule has 2 atom stereocenters. The fourth-order valence-electron chi connectivity index (χ4n) is 4.11. The number of carbonyl (C=O) groups excluding carboxylic acids is 2. The summed E-state index contributed by atoms with van der Waals surface area (Å²) < 4.78 is 17.0. The van der Waals surface area contributed by atoms with Crippen molar-refractivity contribution in [2.45, 2.75) is 26.1 Å². The highest BCUT2D eigenvalue weighted by Gasteiger charge is 2.80. The number of benzene rings is 1. The Labute approximate surface area is 149 Å². The highest BCUT2D eigenvalue weighted by Crippen LogP contribution is 2.69. The quantitative estimate of drug-likeness (QED) is 0.828. The van der Waals surface area contributed by atoms with Crippen LogP contribution in [0.4, 0.5) is 0 Å². The van der Waals surface area contributed by atoms with Crippen molar-refractivity contribution in [3.8, 4) is 6.07 Å². The Bertz CT molecular complexity index is 970. The Balaban J connectivity index is 2.02. The zero-order chi connectivity index (χ0) is 18.7. The number of ether oxygens (including phenoxy) is 3. The van der Waals surface area contributed by atoms with Crippen molar-refractivity contribution >= 4 is 11.8 Å². The van der Waals surface area contributed by atoms with Gasteiger partial charge in [0.2, 0.25) is 5.88 Å². The summed E-state index contributed by atoms with van der Waals surface area (Å²) in [5.41, 5.74) is 4.77. The second kappa shape index (κ2) is 5.11. The second-order valence-electron chi connectivity index (χ2n) is 6.36. The van der Waals surface area contributed by atoms with E-state index < -0.39 is 23.0 Å². The van der Waals surface area contributed by atoms with Gasteiger partial charge in [-0.2, -0.15) is 5.26 Å². The summed E-state index contributed by atoms with van der Waals surface area (Å²) in [6, 6.07) is 8.68. The Kier molecular flexibility index (Phi) is 3.19. The molecule has 0 spiro atoms. The molecule has 0 fully saturated rings. The molecule has 3 aliphatic rings. The van der Waals surface area contributed by atoms with E-state index in [2.05, 4.69) is 0 Å². The van der Waals surface area contributed by atoms with Crippen LogP contribution < -0.4 is 5.73 Å². The monoisotopic (exact) mass is 352 g/mol. The van der Waals surface area contributed by atoms with Gasteiger partial charge in [0, 0.05) is 11.1 Å². The predicted molar refractivity (Wildman–Crippen MR) is 87.8 cm³/mol. The fourth-order valence-corrected chi connectivity index (χ4v) is 4.11. The van der Waals surface area contributed by atoms with Gasteiger partial charge < -0.3 is 19.9 Å². The second-order valence-corrected chi connectivity index (χ2v) is 6.36. The number of fused-ring (bicyclic) bond motifs is 1. The van der Waals surface area contributed by atoms with Gasteiger partial charge in [0.15, 0.2) is 11.2 Å². The fraction of sp³-hybridized carbons (Fsp3) is 0.316. The molecule has 26 heavy (non-hydrogen) atoms. The minimum Gasteiger partial charge on any atom is -0.462 e. The average molecular weight is 352 g/mol. The van der Waals surface area contributed by atoms with Crippen LogP contribution in [-0.2, 0) is 24.8 Å². The van der Waals surface area contributed by atoms with E-state index in [-0.39, 0.29) is 29.4 Å². The lowest BCUT2D eigenvalue weighted by atomic mass is 9.69. The molecule has 1 aromatic carbocycles. The lowest BCUT2D eigenvalue weighted by molar-refractivity contribution is -0.199. The van der Waals surface area contributed by atoms with Gasteiger partial charge in [0.25, 0.3) is 0 Å². The molecular formula is C19H16N2O5. The number of nitriles is 1. The third kappa shape index (κ3) is 1.53. The summed E-state index contributed by atoms with van der Waals surface area (Å²) in [5.74, 6) is -2.87. The third-order valence-corrected chi connectivity index (χ3v) is 5.01. The van der Waals surface area contributed by atoms with E-state index in [9.17, 15) is 14.9 Å². The summed E-state index contributed by atoms with van der Waals surface area (Å²) in [7, 11) is 0. The van der Waals surface area contributed by atoms with Crippen LogP contribution in [0.5, 0.6) is 0 Å². The number of nitrogens with two attached hydrogens (primary N) is 1. The molecule has 0 bridgehead atoms. The van der Waals surface area contributed by atoms with Crippen LogP contribution in [0.1, 0.15) is 36.2 Å². The van der Waals surface area contributed by atoms with Gasteiger partial charge in [0.05, 0.1) is 6.61 Å². The van der Waals surface area contributed by atoms with Crippen LogP contribution in [-0.4, -0.2) is 18.4 Å². The normalized spacial score (nSPS) is 28.1. The molecule has 0 aromatic heterocycles. The first-order chi connectivity index (χ1) is 12.5. The topological polar surface area (TPSA) is 112 Å². The minimum atomic E-state index is -1.77. The number of rotatable bonds is 3. The van der Waals surface area contributed by atoms with E-state index in [0.717, 1.165) is 0 Å². The van der Waals surface area contributed by atoms with Crippen LogP contribution in [0, 0.1) is 16.7 Å². The number of nitrogens with zero attached hydrogens (tertiary/aromatic N) is 1. The van der Waals surface area contributed by atoms with E-state index in [4.69, 9.17) is 19.9 Å². The Morgan fingerprint density at radius 2 is 2.08 bits per heavy atom. The number of allylic oxidation sites excluding steroid dienone is 1. The molecule has 1 aromatic rings. The van der Waals surface area contributed by atoms with Gasteiger partial charge in [-0.3, -0.25) is 4.79 Å². The summed E-state index contributed by atoms with van der Waals surface area (Å²) in [4.78, 5) is 26.3. The van der Waals surface area contributed by atoms with E-state index >= 15 is 0 Å². The highest BCUT2D eigenvalue weighted by molar-refractivity contribution is 6.16. The van der Waals surface area contributed by atoms with Gasteiger partial charge in [-0.1, -0.05) is 31.2 Å². The van der Waals surface area contributed by atoms with E-state index in [1.165, 1.54) is 0 Å². The Morgan fingerprint density at radius 1 is 1.35 bits per heavy atom. The van der Waals surface area contributed by atoms with Gasteiger partial charge in [-0.25, -0.2) is 4.79 Å². The molecule has 132 valence electrons. The van der Waals surface area contributed by atoms with Crippen molar-refractivity contribution in [2.24, 2.45) is 11.1 Å². The molecule has 7 heteroatoms. The number of ketones is 1. The van der Waals surface area contributed by atoms with Crippen LogP contribution in [0.2, 0.25) is 0 Å². The standard InChI is InChI=1S/C19H16N2O5/c1-3-8-24-17(23)14-10(2)25-19-12-7-5-4-6-11(12)15(22)18(14,19)13(9-20)16(21)26-19/h4-7H,3,8,21H2,1-2H3/t18-,19-/m0/s1. The maximum Gasteiger partial charge on any atom is 0.339 e. The van der Waals surface area contributed by atoms with Gasteiger partial charge in [-0.15, -0.1) is 0 Å². The molecule has 2 heterocycles. The van der Waals surface area contributed by atoms with Gasteiger partial charge >= 0.3 is 11.8 Å². The molecular weight excluding hydrogens is 336 g/mol. The van der Waals surface area contributed by atoms with Crippen LogP contribution in [0.3, 0.4) is 0 Å². The van der Waals surface area contributed by atoms with Gasteiger partial charge in [0.1, 0.15) is 23.0 Å². The molecule has 0 radical (unpaired) electrons. The van der Waals surface area contributed by atoms with Crippen LogP contribution >= 0.6 is 0 Å². The van der Waals surface area contributed by atoms with Crippen LogP contribution in [0.25, 0.3) is 0 Å². The zero-order valence-corrected chi connectivity index (χ0v) is 14.3. The van der Waals surface area contributed by atoms with Crippen molar-refractivity contribution in [2.75, 3.05) is 6.61 Å². The average Bonchev–Trinajstić information content (AvgIpc) is 3.10. The Morgan fingerprint density at radius 3 is 2.77 bits per heavy atom. The third-order valence-electron chi connectivity index (χ3n) is 5.01. The number of Topliss-reactive ketones (excluding diaryl/α,β-unsaturated/α-hetero) is 1. The van der Waals surface area contributed by atoms with Crippen molar-refractivity contribution in [1.29, 1.82) is 5.26 Å². The molecule has 0 saturated carbocycles. The van der Waals surface area contributed by atoms with Crippen molar-refractivity contribution < 1.29 is 23.8 Å². The first-order valence-corrected chi connectivity index (χ1v) is 8.26.